The number of nitrogens with one attached hydrogen (secondary N) is 2. The van der Waals surface area contributed by atoms with Crippen molar-refractivity contribution in [3.05, 3.63) is 29.8 Å². The molecule has 0 aliphatic rings. The van der Waals surface area contributed by atoms with Crippen molar-refractivity contribution >= 4 is 23.9 Å². The van der Waals surface area contributed by atoms with Gasteiger partial charge in [0.2, 0.25) is 11.8 Å². The topological polar surface area (TPSA) is 158 Å². The Labute approximate surface area is 205 Å². The molecular weight excluding hydrogens is 456 g/mol. The van der Waals surface area contributed by atoms with Crippen LogP contribution in [0.5, 0.6) is 5.75 Å². The highest BCUT2D eigenvalue weighted by Gasteiger charge is 2.39. The van der Waals surface area contributed by atoms with Crippen molar-refractivity contribution in [1.82, 2.24) is 15.5 Å². The molecular formula is C24H34N4O7. The van der Waals surface area contributed by atoms with Gasteiger partial charge in [0.1, 0.15) is 36.5 Å². The first-order chi connectivity index (χ1) is 16.4. The molecule has 11 nitrogen and oxygen atoms in total. The average Bonchev–Trinajstić information content (AvgIpc) is 2.79. The van der Waals surface area contributed by atoms with Crippen molar-refractivity contribution < 1.29 is 33.8 Å². The first-order valence-corrected chi connectivity index (χ1v) is 11.2. The third-order valence-electron chi connectivity index (χ3n) is 5.10. The number of esters is 1. The molecule has 1 rings (SSSR count). The molecule has 0 saturated heterocycles. The van der Waals surface area contributed by atoms with Gasteiger partial charge in [-0.15, -0.1) is 0 Å². The molecule has 3 unspecified atom stereocenters. The second-order valence-corrected chi connectivity index (χ2v) is 8.89. The van der Waals surface area contributed by atoms with Gasteiger partial charge in [0.25, 0.3) is 0 Å². The van der Waals surface area contributed by atoms with Crippen molar-refractivity contribution in [2.24, 2.45) is 5.92 Å². The van der Waals surface area contributed by atoms with E-state index in [4.69, 9.17) is 4.74 Å². The molecule has 1 aromatic carbocycles. The van der Waals surface area contributed by atoms with Crippen LogP contribution >= 0.6 is 0 Å². The van der Waals surface area contributed by atoms with E-state index < -0.39 is 54.7 Å². The summed E-state index contributed by atoms with van der Waals surface area (Å²) in [4.78, 5) is 51.9. The van der Waals surface area contributed by atoms with Crippen molar-refractivity contribution in [3.8, 4) is 11.8 Å². The van der Waals surface area contributed by atoms with Crippen molar-refractivity contribution in [3.63, 3.8) is 0 Å². The van der Waals surface area contributed by atoms with E-state index in [9.17, 15) is 29.5 Å². The van der Waals surface area contributed by atoms with Gasteiger partial charge >= 0.3 is 12.1 Å². The van der Waals surface area contributed by atoms with Crippen LogP contribution in [0.3, 0.4) is 0 Å². The average molecular weight is 491 g/mol. The number of carbonyl (C=O) groups is 4. The molecule has 3 amide bonds. The van der Waals surface area contributed by atoms with Crippen LogP contribution < -0.4 is 10.6 Å². The molecule has 3 atom stereocenters. The molecule has 3 N–H and O–H groups in total. The van der Waals surface area contributed by atoms with Gasteiger partial charge in [0, 0.05) is 5.56 Å². The van der Waals surface area contributed by atoms with Crippen molar-refractivity contribution in [1.29, 1.82) is 5.26 Å². The third-order valence-corrected chi connectivity index (χ3v) is 5.10. The highest BCUT2D eigenvalue weighted by Crippen LogP contribution is 2.30. The van der Waals surface area contributed by atoms with Gasteiger partial charge in [-0.25, -0.2) is 4.79 Å². The second-order valence-electron chi connectivity index (χ2n) is 8.89. The van der Waals surface area contributed by atoms with Crippen LogP contribution in [0.4, 0.5) is 4.79 Å². The van der Waals surface area contributed by atoms with Gasteiger partial charge in [0.05, 0.1) is 13.2 Å². The minimum Gasteiger partial charge on any atom is -0.508 e. The van der Waals surface area contributed by atoms with Gasteiger partial charge in [-0.3, -0.25) is 14.4 Å². The number of hydrogen-bond donors (Lipinski definition) is 3. The Balaban J connectivity index is 3.47. The number of carbonyl (C=O) groups excluding carboxylic acids is 4. The summed E-state index contributed by atoms with van der Waals surface area (Å²) in [7, 11) is 1.15. The predicted molar refractivity (Wildman–Crippen MR) is 126 cm³/mol. The molecule has 35 heavy (non-hydrogen) atoms. The lowest BCUT2D eigenvalue weighted by Crippen LogP contribution is -2.55. The SMILES string of the molecule is CCC(C)C(NC(=O)OC(C)(C)C)C(=O)N(CC#N)C(C(=O)NCC(=O)OC)c1ccccc1O. The van der Waals surface area contributed by atoms with Crippen LogP contribution in [0, 0.1) is 17.2 Å². The number of rotatable bonds is 10. The maximum Gasteiger partial charge on any atom is 0.408 e. The maximum absolute atomic E-state index is 13.7. The first kappa shape index (κ1) is 29.2. The zero-order valence-corrected chi connectivity index (χ0v) is 21.0. The number of nitriles is 1. The van der Waals surface area contributed by atoms with Crippen LogP contribution in [0.15, 0.2) is 24.3 Å². The number of alkyl carbamates (subject to hydrolysis) is 1. The smallest absolute Gasteiger partial charge is 0.408 e. The van der Waals surface area contributed by atoms with Crippen molar-refractivity contribution in [2.75, 3.05) is 20.2 Å². The molecule has 11 heteroatoms. The van der Waals surface area contributed by atoms with E-state index in [-0.39, 0.29) is 17.2 Å². The molecule has 0 aliphatic carbocycles. The summed E-state index contributed by atoms with van der Waals surface area (Å²) < 4.78 is 9.82. The second kappa shape index (κ2) is 13.2. The van der Waals surface area contributed by atoms with Crippen LogP contribution in [0.2, 0.25) is 0 Å². The van der Waals surface area contributed by atoms with Gasteiger partial charge in [0.15, 0.2) is 0 Å². The first-order valence-electron chi connectivity index (χ1n) is 11.2. The number of phenols is 1. The number of para-hydroxylation sites is 1. The zero-order valence-electron chi connectivity index (χ0n) is 21.0. The molecule has 0 radical (unpaired) electrons. The summed E-state index contributed by atoms with van der Waals surface area (Å²) in [6.07, 6.45) is -0.343. The number of aromatic hydroxyl groups is 1. The Kier molecular flexibility index (Phi) is 11.0. The lowest BCUT2D eigenvalue weighted by atomic mass is 9.95. The summed E-state index contributed by atoms with van der Waals surface area (Å²) >= 11 is 0. The Hall–Kier alpha value is -3.81. The summed E-state index contributed by atoms with van der Waals surface area (Å²) in [5, 5.41) is 24.8. The molecule has 0 aliphatic heterocycles. The van der Waals surface area contributed by atoms with E-state index in [1.54, 1.807) is 33.8 Å². The molecule has 192 valence electrons. The predicted octanol–water partition coefficient (Wildman–Crippen LogP) is 2.01. The fourth-order valence-electron chi connectivity index (χ4n) is 3.17. The molecule has 0 spiro atoms. The van der Waals surface area contributed by atoms with Crippen LogP contribution in [-0.4, -0.2) is 65.7 Å². The Morgan fingerprint density at radius 2 is 1.83 bits per heavy atom. The molecule has 0 fully saturated rings. The molecule has 0 saturated carbocycles. The minimum absolute atomic E-state index is 0.0404. The zero-order chi connectivity index (χ0) is 26.8. The number of methoxy groups -OCH3 is 1. The maximum atomic E-state index is 13.7. The Morgan fingerprint density at radius 1 is 1.20 bits per heavy atom. The standard InChI is InChI=1S/C24H34N4O7/c1-7-15(2)19(27-23(33)35-24(3,4)5)22(32)28(13-12-25)20(16-10-8-9-11-17(16)29)21(31)26-14-18(30)34-6/h8-11,15,19-20,29H,7,13-14H2,1-6H3,(H,26,31)(H,27,33). The number of ether oxygens (including phenoxy) is 2. The Morgan fingerprint density at radius 3 is 2.34 bits per heavy atom. The summed E-state index contributed by atoms with van der Waals surface area (Å²) in [6.45, 7) is 7.56. The third kappa shape index (κ3) is 8.81. The van der Waals surface area contributed by atoms with Gasteiger partial charge in [-0.2, -0.15) is 5.26 Å². The van der Waals surface area contributed by atoms with Gasteiger partial charge < -0.3 is 30.1 Å². The fraction of sp³-hybridized carbons (Fsp3) is 0.542. The molecule has 1 aromatic rings. The van der Waals surface area contributed by atoms with E-state index in [0.29, 0.717) is 6.42 Å². The van der Waals surface area contributed by atoms with Crippen molar-refractivity contribution in [2.45, 2.75) is 58.7 Å². The van der Waals surface area contributed by atoms with Gasteiger partial charge in [-0.05, 0) is 32.8 Å². The molecule has 0 aromatic heterocycles. The van der Waals surface area contributed by atoms with E-state index >= 15 is 0 Å². The van der Waals surface area contributed by atoms with Crippen LogP contribution in [-0.2, 0) is 23.9 Å². The van der Waals surface area contributed by atoms with E-state index in [1.807, 2.05) is 13.0 Å². The van der Waals surface area contributed by atoms with Gasteiger partial charge in [-0.1, -0.05) is 38.5 Å². The normalized spacial score (nSPS) is 13.4. The van der Waals surface area contributed by atoms with E-state index in [0.717, 1.165) is 12.0 Å². The summed E-state index contributed by atoms with van der Waals surface area (Å²) in [6, 6.07) is 5.09. The van der Waals surface area contributed by atoms with Crippen LogP contribution in [0.25, 0.3) is 0 Å². The van der Waals surface area contributed by atoms with Crippen LogP contribution in [0.1, 0.15) is 52.6 Å². The fourth-order valence-corrected chi connectivity index (χ4v) is 3.17. The number of phenolic OH excluding ortho intramolecular Hbond substituents is 1. The highest BCUT2D eigenvalue weighted by molar-refractivity contribution is 5.93. The number of amides is 3. The summed E-state index contributed by atoms with van der Waals surface area (Å²) in [5.41, 5.74) is -0.773. The lowest BCUT2D eigenvalue weighted by molar-refractivity contribution is -0.144. The summed E-state index contributed by atoms with van der Waals surface area (Å²) in [5.74, 6) is -2.95. The van der Waals surface area contributed by atoms with E-state index in [2.05, 4.69) is 15.4 Å². The Bertz CT molecular complexity index is 952. The monoisotopic (exact) mass is 490 g/mol. The largest absolute Gasteiger partial charge is 0.508 e. The van der Waals surface area contributed by atoms with E-state index in [1.165, 1.54) is 18.2 Å². The highest BCUT2D eigenvalue weighted by atomic mass is 16.6. The molecule has 0 heterocycles. The lowest BCUT2D eigenvalue weighted by Gasteiger charge is -2.34. The quantitative estimate of drug-likeness (QED) is 0.332. The number of hydrogen-bond acceptors (Lipinski definition) is 8. The minimum atomic E-state index is -1.47. The number of nitrogens with zero attached hydrogens (tertiary/aromatic N) is 2. The number of benzene rings is 1. The molecule has 0 bridgehead atoms.